The zero-order valence-electron chi connectivity index (χ0n) is 14.4. The highest BCUT2D eigenvalue weighted by atomic mass is 19.1. The van der Waals surface area contributed by atoms with Crippen LogP contribution in [0.2, 0.25) is 0 Å². The molecule has 2 heterocycles. The molecular formula is C18H15F2N3O4. The molecule has 0 aliphatic heterocycles. The van der Waals surface area contributed by atoms with E-state index in [1.54, 1.807) is 0 Å². The summed E-state index contributed by atoms with van der Waals surface area (Å²) >= 11 is 0. The third-order valence-electron chi connectivity index (χ3n) is 4.15. The maximum atomic E-state index is 13.5. The molecule has 0 unspecified atom stereocenters. The second kappa shape index (κ2) is 6.42. The van der Waals surface area contributed by atoms with Crippen molar-refractivity contribution in [3.63, 3.8) is 0 Å². The van der Waals surface area contributed by atoms with Gasteiger partial charge in [0, 0.05) is 24.1 Å². The Labute approximate surface area is 151 Å². The van der Waals surface area contributed by atoms with E-state index >= 15 is 0 Å². The smallest absolute Gasteiger partial charge is 0.309 e. The van der Waals surface area contributed by atoms with Crippen LogP contribution in [0, 0.1) is 17.0 Å². The molecule has 0 aliphatic rings. The Kier molecular flexibility index (Phi) is 4.38. The van der Waals surface area contributed by atoms with E-state index in [1.165, 1.54) is 13.8 Å². The van der Waals surface area contributed by atoms with Crippen molar-refractivity contribution in [3.05, 3.63) is 57.7 Å². The topological polar surface area (TPSA) is 105 Å². The van der Waals surface area contributed by atoms with Gasteiger partial charge in [0.1, 0.15) is 28.9 Å². The van der Waals surface area contributed by atoms with Crippen LogP contribution >= 0.6 is 0 Å². The van der Waals surface area contributed by atoms with Crippen LogP contribution < -0.4 is 10.6 Å². The number of hydrogen-bond acceptors (Lipinski definition) is 5. The van der Waals surface area contributed by atoms with Gasteiger partial charge in [-0.3, -0.25) is 9.59 Å². The monoisotopic (exact) mass is 375 g/mol. The first-order valence-electron chi connectivity index (χ1n) is 7.89. The van der Waals surface area contributed by atoms with Gasteiger partial charge in [0.15, 0.2) is 11.1 Å². The van der Waals surface area contributed by atoms with E-state index in [2.05, 4.69) is 10.1 Å². The van der Waals surface area contributed by atoms with E-state index in [4.69, 9.17) is 0 Å². The van der Waals surface area contributed by atoms with E-state index in [9.17, 15) is 28.6 Å². The average molecular weight is 375 g/mol. The Bertz CT molecular complexity index is 1150. The first kappa shape index (κ1) is 18.4. The lowest BCUT2D eigenvalue weighted by Crippen LogP contribution is -2.33. The lowest BCUT2D eigenvalue weighted by molar-refractivity contribution is -0.146. The number of aliphatic carboxylic acids is 1. The molecule has 0 saturated heterocycles. The Morgan fingerprint density at radius 3 is 2.37 bits per heavy atom. The zero-order valence-corrected chi connectivity index (χ0v) is 14.4. The minimum Gasteiger partial charge on any atom is -0.511 e. The Hall–Kier alpha value is -3.36. The minimum atomic E-state index is -1.32. The predicted molar refractivity (Wildman–Crippen MR) is 91.9 cm³/mol. The maximum Gasteiger partial charge on any atom is 0.309 e. The van der Waals surface area contributed by atoms with Crippen LogP contribution in [-0.2, 0) is 4.79 Å². The molecule has 0 aliphatic carbocycles. The number of nitrogens with zero attached hydrogens (tertiary/aromatic N) is 3. The molecule has 0 radical (unpaired) electrons. The molecule has 7 nitrogen and oxygen atoms in total. The van der Waals surface area contributed by atoms with E-state index in [0.717, 1.165) is 29.0 Å². The van der Waals surface area contributed by atoms with Gasteiger partial charge in [-0.05, 0) is 26.0 Å². The molecular weight excluding hydrogens is 360 g/mol. The normalized spacial score (nSPS) is 13.0. The number of aliphatic hydroxyl groups excluding tert-OH is 1. The summed E-state index contributed by atoms with van der Waals surface area (Å²) < 4.78 is 28.3. The van der Waals surface area contributed by atoms with Crippen LogP contribution in [0.5, 0.6) is 0 Å². The molecule has 0 amide bonds. The molecule has 0 fully saturated rings. The molecule has 3 aromatic rings. The van der Waals surface area contributed by atoms with Crippen LogP contribution in [0.3, 0.4) is 0 Å². The van der Waals surface area contributed by atoms with Gasteiger partial charge in [-0.25, -0.2) is 18.3 Å². The number of rotatable bonds is 4. The lowest BCUT2D eigenvalue weighted by Gasteiger charge is -2.18. The fourth-order valence-electron chi connectivity index (χ4n) is 2.72. The molecule has 140 valence electrons. The van der Waals surface area contributed by atoms with Gasteiger partial charge in [0.25, 0.3) is 0 Å². The SMILES string of the molecule is CC(C)(C/C(O)=c1\c(=O)cc(-c2cc(F)cc(F)c2)n2ncnc12)C(=O)O. The first-order chi connectivity index (χ1) is 12.6. The number of aliphatic hydroxyl groups is 1. The number of benzene rings is 1. The Morgan fingerprint density at radius 1 is 1.15 bits per heavy atom. The van der Waals surface area contributed by atoms with Gasteiger partial charge in [-0.15, -0.1) is 0 Å². The van der Waals surface area contributed by atoms with Crippen molar-refractivity contribution in [1.82, 2.24) is 14.6 Å². The van der Waals surface area contributed by atoms with Crippen molar-refractivity contribution in [3.8, 4) is 11.3 Å². The highest BCUT2D eigenvalue weighted by Gasteiger charge is 2.29. The summed E-state index contributed by atoms with van der Waals surface area (Å²) in [4.78, 5) is 27.8. The number of halogens is 2. The second-order valence-corrected chi connectivity index (χ2v) is 6.73. The number of fused-ring (bicyclic) bond motifs is 1. The van der Waals surface area contributed by atoms with Crippen molar-refractivity contribution in [2.24, 2.45) is 5.41 Å². The first-order valence-corrected chi connectivity index (χ1v) is 7.89. The molecule has 1 aromatic carbocycles. The molecule has 2 aromatic heterocycles. The highest BCUT2D eigenvalue weighted by molar-refractivity contribution is 5.75. The summed E-state index contributed by atoms with van der Waals surface area (Å²) in [6.07, 6.45) is 0.807. The summed E-state index contributed by atoms with van der Waals surface area (Å²) in [6, 6.07) is 3.84. The highest BCUT2D eigenvalue weighted by Crippen LogP contribution is 2.25. The third kappa shape index (κ3) is 3.35. The average Bonchev–Trinajstić information content (AvgIpc) is 3.01. The largest absolute Gasteiger partial charge is 0.511 e. The molecule has 9 heteroatoms. The number of aromatic nitrogens is 3. The summed E-state index contributed by atoms with van der Waals surface area (Å²) in [5, 5.41) is 23.4. The van der Waals surface area contributed by atoms with E-state index in [-0.39, 0.29) is 28.5 Å². The summed E-state index contributed by atoms with van der Waals surface area (Å²) in [6.45, 7) is 2.81. The van der Waals surface area contributed by atoms with Gasteiger partial charge < -0.3 is 10.2 Å². The number of carboxylic acids is 1. The third-order valence-corrected chi connectivity index (χ3v) is 4.15. The van der Waals surface area contributed by atoms with E-state index in [1.807, 2.05) is 0 Å². The molecule has 0 saturated carbocycles. The minimum absolute atomic E-state index is 0.0409. The number of pyridine rings is 1. The summed E-state index contributed by atoms with van der Waals surface area (Å²) in [7, 11) is 0. The van der Waals surface area contributed by atoms with Crippen LogP contribution in [0.15, 0.2) is 35.4 Å². The van der Waals surface area contributed by atoms with Crippen molar-refractivity contribution in [1.29, 1.82) is 0 Å². The van der Waals surface area contributed by atoms with Crippen molar-refractivity contribution >= 4 is 17.4 Å². The van der Waals surface area contributed by atoms with Crippen molar-refractivity contribution < 1.29 is 23.8 Å². The number of carboxylic acid groups (broad SMARTS) is 1. The van der Waals surface area contributed by atoms with Crippen molar-refractivity contribution in [2.45, 2.75) is 20.3 Å². The van der Waals surface area contributed by atoms with Crippen LogP contribution in [0.25, 0.3) is 22.7 Å². The molecule has 0 bridgehead atoms. The van der Waals surface area contributed by atoms with Crippen LogP contribution in [0.4, 0.5) is 8.78 Å². The molecule has 0 spiro atoms. The number of hydrogen-bond donors (Lipinski definition) is 2. The predicted octanol–water partition coefficient (Wildman–Crippen LogP) is 1.92. The maximum absolute atomic E-state index is 13.5. The fourth-order valence-corrected chi connectivity index (χ4v) is 2.72. The van der Waals surface area contributed by atoms with Crippen molar-refractivity contribution in [2.75, 3.05) is 0 Å². The standard InChI is InChI=1S/C18H15F2N3O4/c1-18(2,17(26)27)7-14(25)15-13(24)6-12(23-16(15)21-8-22-23)9-3-10(19)5-11(20)4-9/h3-6,8,25H,7H2,1-2H3,(H,26,27)/b15-14-. The molecule has 3 rings (SSSR count). The molecule has 27 heavy (non-hydrogen) atoms. The number of carbonyl (C=O) groups is 1. The van der Waals surface area contributed by atoms with Gasteiger partial charge in [0.2, 0.25) is 0 Å². The Balaban J connectivity index is 2.29. The fraction of sp³-hybridized carbons (Fsp3) is 0.222. The van der Waals surface area contributed by atoms with Gasteiger partial charge in [-0.2, -0.15) is 5.10 Å². The van der Waals surface area contributed by atoms with Crippen LogP contribution in [-0.4, -0.2) is 30.8 Å². The zero-order chi connectivity index (χ0) is 19.9. The summed E-state index contributed by atoms with van der Waals surface area (Å²) in [5.74, 6) is -3.26. The van der Waals surface area contributed by atoms with Gasteiger partial charge >= 0.3 is 5.97 Å². The Morgan fingerprint density at radius 2 is 1.78 bits per heavy atom. The molecule has 0 atom stereocenters. The van der Waals surface area contributed by atoms with E-state index in [0.29, 0.717) is 6.07 Å². The second-order valence-electron chi connectivity index (χ2n) is 6.73. The quantitative estimate of drug-likeness (QED) is 0.722. The van der Waals surface area contributed by atoms with Gasteiger partial charge in [-0.1, -0.05) is 0 Å². The summed E-state index contributed by atoms with van der Waals surface area (Å²) in [5.41, 5.74) is -1.88. The lowest BCUT2D eigenvalue weighted by atomic mass is 9.88. The van der Waals surface area contributed by atoms with Crippen LogP contribution in [0.1, 0.15) is 20.3 Å². The van der Waals surface area contributed by atoms with E-state index < -0.39 is 34.2 Å². The molecule has 2 N–H and O–H groups in total. The van der Waals surface area contributed by atoms with Gasteiger partial charge in [0.05, 0.1) is 11.1 Å².